The fourth-order valence-corrected chi connectivity index (χ4v) is 1.71. The van der Waals surface area contributed by atoms with E-state index in [0.717, 1.165) is 22.7 Å². The molecule has 16 heavy (non-hydrogen) atoms. The second-order valence-corrected chi connectivity index (χ2v) is 3.83. The monoisotopic (exact) mass is 228 g/mol. The standard InChI is InChI=1S/C11H8N4S/c16-9-5-4-8-11(14-9)15-10(13-8)7-3-1-2-6-12-7/h1-6H,(H2,13,14,15,16). The van der Waals surface area contributed by atoms with Crippen LogP contribution in [0.1, 0.15) is 0 Å². The Hall–Kier alpha value is -2.01. The Balaban J connectivity index is 2.23. The number of nitrogens with zero attached hydrogens (tertiary/aromatic N) is 2. The van der Waals surface area contributed by atoms with E-state index in [9.17, 15) is 0 Å². The largest absolute Gasteiger partial charge is 0.335 e. The molecule has 2 N–H and O–H groups in total. The van der Waals surface area contributed by atoms with Crippen LogP contribution in [-0.4, -0.2) is 19.9 Å². The van der Waals surface area contributed by atoms with Crippen LogP contribution in [0.15, 0.2) is 36.5 Å². The number of imidazole rings is 1. The molecule has 0 aliphatic carbocycles. The highest BCUT2D eigenvalue weighted by Crippen LogP contribution is 2.16. The minimum Gasteiger partial charge on any atom is -0.335 e. The highest BCUT2D eigenvalue weighted by atomic mass is 32.1. The molecule has 0 spiro atoms. The Bertz CT molecular complexity index is 684. The zero-order valence-corrected chi connectivity index (χ0v) is 9.08. The summed E-state index contributed by atoms with van der Waals surface area (Å²) in [6, 6.07) is 9.45. The number of aromatic nitrogens is 4. The van der Waals surface area contributed by atoms with Crippen LogP contribution in [0.5, 0.6) is 0 Å². The lowest BCUT2D eigenvalue weighted by atomic mass is 10.3. The number of rotatable bonds is 1. The molecule has 0 saturated carbocycles. The molecule has 4 nitrogen and oxygen atoms in total. The molecule has 78 valence electrons. The summed E-state index contributed by atoms with van der Waals surface area (Å²) in [5, 5.41) is 0. The summed E-state index contributed by atoms with van der Waals surface area (Å²) >= 11 is 5.04. The first kappa shape index (κ1) is 9.23. The minimum absolute atomic E-state index is 0.673. The van der Waals surface area contributed by atoms with Gasteiger partial charge in [-0.25, -0.2) is 4.98 Å². The lowest BCUT2D eigenvalue weighted by molar-refractivity contribution is 1.23. The number of hydrogen-bond donors (Lipinski definition) is 2. The van der Waals surface area contributed by atoms with Gasteiger partial charge in [-0.1, -0.05) is 18.3 Å². The van der Waals surface area contributed by atoms with E-state index in [2.05, 4.69) is 19.9 Å². The molecule has 0 radical (unpaired) electrons. The van der Waals surface area contributed by atoms with Crippen LogP contribution < -0.4 is 0 Å². The highest BCUT2D eigenvalue weighted by Gasteiger charge is 2.05. The average Bonchev–Trinajstić information content (AvgIpc) is 2.73. The molecule has 0 unspecified atom stereocenters. The lowest BCUT2D eigenvalue weighted by Crippen LogP contribution is -1.83. The third-order valence-electron chi connectivity index (χ3n) is 2.28. The van der Waals surface area contributed by atoms with Crippen LogP contribution in [0.3, 0.4) is 0 Å². The number of H-pyrrole nitrogens is 2. The normalized spacial score (nSPS) is 10.8. The fraction of sp³-hybridized carbons (Fsp3) is 0. The minimum atomic E-state index is 0.673. The first-order valence-corrected chi connectivity index (χ1v) is 5.24. The maximum Gasteiger partial charge on any atom is 0.158 e. The molecule has 3 rings (SSSR count). The Labute approximate surface area is 96.4 Å². The van der Waals surface area contributed by atoms with E-state index < -0.39 is 0 Å². The van der Waals surface area contributed by atoms with E-state index >= 15 is 0 Å². The zero-order valence-electron chi connectivity index (χ0n) is 8.27. The van der Waals surface area contributed by atoms with Crippen LogP contribution in [0.2, 0.25) is 0 Å². The number of nitrogens with one attached hydrogen (secondary N) is 2. The number of pyridine rings is 2. The predicted octanol–water partition coefficient (Wildman–Crippen LogP) is 2.68. The van der Waals surface area contributed by atoms with Crippen LogP contribution in [-0.2, 0) is 0 Å². The van der Waals surface area contributed by atoms with Crippen molar-refractivity contribution in [3.63, 3.8) is 0 Å². The van der Waals surface area contributed by atoms with Gasteiger partial charge in [0, 0.05) is 6.20 Å². The van der Waals surface area contributed by atoms with Crippen molar-refractivity contribution in [1.29, 1.82) is 0 Å². The second-order valence-electron chi connectivity index (χ2n) is 3.39. The maximum absolute atomic E-state index is 5.04. The van der Waals surface area contributed by atoms with Crippen molar-refractivity contribution in [3.05, 3.63) is 41.2 Å². The predicted molar refractivity (Wildman–Crippen MR) is 64.5 cm³/mol. The molecular weight excluding hydrogens is 220 g/mol. The van der Waals surface area contributed by atoms with E-state index in [1.807, 2.05) is 30.3 Å². The second kappa shape index (κ2) is 3.53. The summed E-state index contributed by atoms with van der Waals surface area (Å²) in [6.45, 7) is 0. The SMILES string of the molecule is S=c1ccc2[nH]c(-c3ccccn3)nc2[nH]1. The Kier molecular flexibility index (Phi) is 2.04. The molecule has 0 amide bonds. The van der Waals surface area contributed by atoms with Gasteiger partial charge in [0.25, 0.3) is 0 Å². The first-order valence-electron chi connectivity index (χ1n) is 4.83. The van der Waals surface area contributed by atoms with Gasteiger partial charge in [-0.15, -0.1) is 0 Å². The van der Waals surface area contributed by atoms with Gasteiger partial charge < -0.3 is 9.97 Å². The quantitative estimate of drug-likeness (QED) is 0.629. The summed E-state index contributed by atoms with van der Waals surface area (Å²) < 4.78 is 0.673. The van der Waals surface area contributed by atoms with Gasteiger partial charge >= 0.3 is 0 Å². The Morgan fingerprint density at radius 1 is 1.06 bits per heavy atom. The Morgan fingerprint density at radius 3 is 2.81 bits per heavy atom. The van der Waals surface area contributed by atoms with Gasteiger partial charge in [-0.2, -0.15) is 0 Å². The summed E-state index contributed by atoms with van der Waals surface area (Å²) in [5.41, 5.74) is 2.50. The number of fused-ring (bicyclic) bond motifs is 1. The molecule has 3 heterocycles. The molecule has 0 bridgehead atoms. The molecule has 5 heteroatoms. The highest BCUT2D eigenvalue weighted by molar-refractivity contribution is 7.71. The van der Waals surface area contributed by atoms with Crippen LogP contribution in [0.25, 0.3) is 22.7 Å². The molecule has 0 aliphatic rings. The van der Waals surface area contributed by atoms with Crippen LogP contribution in [0, 0.1) is 4.64 Å². The Morgan fingerprint density at radius 2 is 2.00 bits per heavy atom. The third kappa shape index (κ3) is 1.51. The average molecular weight is 228 g/mol. The van der Waals surface area contributed by atoms with Crippen LogP contribution in [0.4, 0.5) is 0 Å². The zero-order chi connectivity index (χ0) is 11.0. The third-order valence-corrected chi connectivity index (χ3v) is 2.52. The van der Waals surface area contributed by atoms with Gasteiger partial charge in [0.15, 0.2) is 11.5 Å². The van der Waals surface area contributed by atoms with Gasteiger partial charge in [0.2, 0.25) is 0 Å². The molecule has 3 aromatic rings. The van der Waals surface area contributed by atoms with Crippen molar-refractivity contribution in [2.75, 3.05) is 0 Å². The molecule has 0 aliphatic heterocycles. The summed E-state index contributed by atoms with van der Waals surface area (Å²) in [4.78, 5) is 14.8. The van der Waals surface area contributed by atoms with Crippen molar-refractivity contribution in [1.82, 2.24) is 19.9 Å². The summed E-state index contributed by atoms with van der Waals surface area (Å²) in [7, 11) is 0. The van der Waals surface area contributed by atoms with E-state index in [4.69, 9.17) is 12.2 Å². The van der Waals surface area contributed by atoms with Gasteiger partial charge in [0.1, 0.15) is 10.3 Å². The van der Waals surface area contributed by atoms with Crippen molar-refractivity contribution in [2.24, 2.45) is 0 Å². The van der Waals surface area contributed by atoms with E-state index in [1.165, 1.54) is 0 Å². The molecule has 0 aromatic carbocycles. The van der Waals surface area contributed by atoms with Gasteiger partial charge in [-0.3, -0.25) is 4.98 Å². The molecular formula is C11H8N4S. The van der Waals surface area contributed by atoms with E-state index in [1.54, 1.807) is 6.20 Å². The maximum atomic E-state index is 5.04. The number of aromatic amines is 2. The van der Waals surface area contributed by atoms with Gasteiger partial charge in [0.05, 0.1) is 5.52 Å². The molecule has 0 atom stereocenters. The lowest BCUT2D eigenvalue weighted by Gasteiger charge is -1.91. The molecule has 0 fully saturated rings. The number of hydrogen-bond acceptors (Lipinski definition) is 3. The van der Waals surface area contributed by atoms with Crippen molar-refractivity contribution >= 4 is 23.4 Å². The smallest absolute Gasteiger partial charge is 0.158 e. The molecule has 3 aromatic heterocycles. The van der Waals surface area contributed by atoms with Crippen LogP contribution >= 0.6 is 12.2 Å². The topological polar surface area (TPSA) is 57.4 Å². The van der Waals surface area contributed by atoms with Crippen molar-refractivity contribution in [3.8, 4) is 11.5 Å². The van der Waals surface area contributed by atoms with Crippen molar-refractivity contribution in [2.45, 2.75) is 0 Å². The fourth-order valence-electron chi connectivity index (χ4n) is 1.54. The van der Waals surface area contributed by atoms with E-state index in [-0.39, 0.29) is 0 Å². The van der Waals surface area contributed by atoms with Crippen molar-refractivity contribution < 1.29 is 0 Å². The summed E-state index contributed by atoms with van der Waals surface area (Å²) in [6.07, 6.45) is 1.74. The van der Waals surface area contributed by atoms with E-state index in [0.29, 0.717) is 4.64 Å². The first-order chi connectivity index (χ1) is 7.83. The summed E-state index contributed by atoms with van der Waals surface area (Å²) in [5.74, 6) is 0.743. The van der Waals surface area contributed by atoms with Gasteiger partial charge in [-0.05, 0) is 24.3 Å². The molecule has 0 saturated heterocycles.